The van der Waals surface area contributed by atoms with E-state index >= 15 is 0 Å². The van der Waals surface area contributed by atoms with Gasteiger partial charge < -0.3 is 5.32 Å². The highest BCUT2D eigenvalue weighted by Crippen LogP contribution is 2.09. The summed E-state index contributed by atoms with van der Waals surface area (Å²) in [5.74, 6) is 0.523. The van der Waals surface area contributed by atoms with Crippen LogP contribution >= 0.6 is 0 Å². The van der Waals surface area contributed by atoms with E-state index in [9.17, 15) is 0 Å². The Morgan fingerprint density at radius 1 is 1.11 bits per heavy atom. The minimum absolute atomic E-state index is 0.523. The molecule has 0 unspecified atom stereocenters. The van der Waals surface area contributed by atoms with Gasteiger partial charge in [0.25, 0.3) is 0 Å². The van der Waals surface area contributed by atoms with Gasteiger partial charge in [0.15, 0.2) is 0 Å². The van der Waals surface area contributed by atoms with Crippen LogP contribution in [0.3, 0.4) is 0 Å². The number of nitrogens with one attached hydrogen (secondary N) is 1. The largest absolute Gasteiger partial charge is 0.347 e. The van der Waals surface area contributed by atoms with Gasteiger partial charge in [0, 0.05) is 13.2 Å². The lowest BCUT2D eigenvalue weighted by Gasteiger charge is -2.05. The van der Waals surface area contributed by atoms with E-state index in [0.29, 0.717) is 12.5 Å². The fourth-order valence-corrected chi connectivity index (χ4v) is 1.70. The van der Waals surface area contributed by atoms with E-state index in [1.807, 2.05) is 42.1 Å². The van der Waals surface area contributed by atoms with Crippen molar-refractivity contribution in [1.82, 2.24) is 25.0 Å². The number of benzene rings is 1. The van der Waals surface area contributed by atoms with Crippen LogP contribution in [0.15, 0.2) is 36.5 Å². The SMILES string of the molecule is Cn1nccc1CNc1nnc2ccccc2n1. The molecule has 90 valence electrons. The molecule has 0 aliphatic heterocycles. The van der Waals surface area contributed by atoms with Crippen molar-refractivity contribution in [2.75, 3.05) is 5.32 Å². The molecule has 0 atom stereocenters. The topological polar surface area (TPSA) is 68.5 Å². The first-order chi connectivity index (χ1) is 8.83. The van der Waals surface area contributed by atoms with Crippen LogP contribution in [0, 0.1) is 0 Å². The highest BCUT2D eigenvalue weighted by molar-refractivity contribution is 5.73. The maximum Gasteiger partial charge on any atom is 0.243 e. The fourth-order valence-electron chi connectivity index (χ4n) is 1.70. The smallest absolute Gasteiger partial charge is 0.243 e. The molecule has 0 bridgehead atoms. The van der Waals surface area contributed by atoms with E-state index in [1.165, 1.54) is 0 Å². The lowest BCUT2D eigenvalue weighted by Crippen LogP contribution is -2.08. The minimum Gasteiger partial charge on any atom is -0.347 e. The lowest BCUT2D eigenvalue weighted by molar-refractivity contribution is 0.718. The molecule has 0 saturated heterocycles. The molecule has 0 radical (unpaired) electrons. The van der Waals surface area contributed by atoms with E-state index < -0.39 is 0 Å². The standard InChI is InChI=1S/C12H12N6/c1-18-9(6-7-14-18)8-13-12-15-10-4-2-3-5-11(10)16-17-12/h2-7H,8H2,1H3,(H,13,15,17). The first-order valence-corrected chi connectivity index (χ1v) is 5.63. The minimum atomic E-state index is 0.523. The summed E-state index contributed by atoms with van der Waals surface area (Å²) in [6.07, 6.45) is 1.76. The summed E-state index contributed by atoms with van der Waals surface area (Å²) in [7, 11) is 1.90. The third kappa shape index (κ3) is 2.00. The number of fused-ring (bicyclic) bond motifs is 1. The molecule has 0 aliphatic carbocycles. The quantitative estimate of drug-likeness (QED) is 0.748. The molecule has 3 rings (SSSR count). The van der Waals surface area contributed by atoms with Gasteiger partial charge in [0.2, 0.25) is 5.95 Å². The van der Waals surface area contributed by atoms with Crippen LogP contribution < -0.4 is 5.32 Å². The van der Waals surface area contributed by atoms with Gasteiger partial charge in [-0.15, -0.1) is 10.2 Å². The van der Waals surface area contributed by atoms with Crippen molar-refractivity contribution in [3.05, 3.63) is 42.2 Å². The third-order valence-electron chi connectivity index (χ3n) is 2.71. The molecule has 2 heterocycles. The second-order valence-electron chi connectivity index (χ2n) is 3.92. The van der Waals surface area contributed by atoms with Crippen molar-refractivity contribution in [2.24, 2.45) is 7.05 Å². The Labute approximate surface area is 104 Å². The zero-order chi connectivity index (χ0) is 12.4. The molecule has 0 fully saturated rings. The predicted octanol–water partition coefficient (Wildman–Crippen LogP) is 1.37. The summed E-state index contributed by atoms with van der Waals surface area (Å²) in [5, 5.41) is 15.4. The number of nitrogens with zero attached hydrogens (tertiary/aromatic N) is 5. The molecule has 0 spiro atoms. The Bertz CT molecular complexity index is 675. The number of anilines is 1. The second-order valence-corrected chi connectivity index (χ2v) is 3.92. The van der Waals surface area contributed by atoms with E-state index in [4.69, 9.17) is 0 Å². The van der Waals surface area contributed by atoms with E-state index in [1.54, 1.807) is 6.20 Å². The fraction of sp³-hybridized carbons (Fsp3) is 0.167. The average Bonchev–Trinajstić information content (AvgIpc) is 2.82. The third-order valence-corrected chi connectivity index (χ3v) is 2.71. The summed E-state index contributed by atoms with van der Waals surface area (Å²) in [5.41, 5.74) is 2.69. The van der Waals surface area contributed by atoms with Crippen molar-refractivity contribution in [3.8, 4) is 0 Å². The summed E-state index contributed by atoms with van der Waals surface area (Å²) in [6.45, 7) is 0.622. The Kier molecular flexibility index (Phi) is 2.60. The maximum atomic E-state index is 4.39. The van der Waals surface area contributed by atoms with Gasteiger partial charge in [-0.3, -0.25) is 4.68 Å². The highest BCUT2D eigenvalue weighted by Gasteiger charge is 2.02. The number of hydrogen-bond donors (Lipinski definition) is 1. The average molecular weight is 240 g/mol. The van der Waals surface area contributed by atoms with Crippen LogP contribution in [0.2, 0.25) is 0 Å². The lowest BCUT2D eigenvalue weighted by atomic mass is 10.3. The maximum absolute atomic E-state index is 4.39. The van der Waals surface area contributed by atoms with Gasteiger partial charge >= 0.3 is 0 Å². The van der Waals surface area contributed by atoms with Crippen LogP contribution in [0.4, 0.5) is 5.95 Å². The monoisotopic (exact) mass is 240 g/mol. The molecule has 0 saturated carbocycles. The molecular formula is C12H12N6. The molecule has 0 aliphatic rings. The van der Waals surface area contributed by atoms with Gasteiger partial charge in [-0.1, -0.05) is 12.1 Å². The van der Waals surface area contributed by atoms with Crippen molar-refractivity contribution < 1.29 is 0 Å². The van der Waals surface area contributed by atoms with Gasteiger partial charge in [0.1, 0.15) is 5.52 Å². The van der Waals surface area contributed by atoms with E-state index in [0.717, 1.165) is 16.7 Å². The first kappa shape index (κ1) is 10.6. The molecule has 3 aromatic rings. The zero-order valence-electron chi connectivity index (χ0n) is 9.91. The molecule has 0 amide bonds. The number of hydrogen-bond acceptors (Lipinski definition) is 5. The summed E-state index contributed by atoms with van der Waals surface area (Å²) in [4.78, 5) is 4.39. The van der Waals surface area contributed by atoms with Gasteiger partial charge in [-0.2, -0.15) is 5.10 Å². The van der Waals surface area contributed by atoms with E-state index in [-0.39, 0.29) is 0 Å². The van der Waals surface area contributed by atoms with Gasteiger partial charge in [0.05, 0.1) is 17.8 Å². The summed E-state index contributed by atoms with van der Waals surface area (Å²) in [6, 6.07) is 9.60. The van der Waals surface area contributed by atoms with Gasteiger partial charge in [-0.05, 0) is 18.2 Å². The van der Waals surface area contributed by atoms with Crippen LogP contribution in [0.25, 0.3) is 11.0 Å². The van der Waals surface area contributed by atoms with Crippen molar-refractivity contribution in [1.29, 1.82) is 0 Å². The van der Waals surface area contributed by atoms with Crippen molar-refractivity contribution in [3.63, 3.8) is 0 Å². The Balaban J connectivity index is 1.81. The van der Waals surface area contributed by atoms with E-state index in [2.05, 4.69) is 25.6 Å². The summed E-state index contributed by atoms with van der Waals surface area (Å²) < 4.78 is 1.81. The number of rotatable bonds is 3. The number of aromatic nitrogens is 5. The second kappa shape index (κ2) is 4.40. The molecule has 1 aromatic carbocycles. The highest BCUT2D eigenvalue weighted by atomic mass is 15.3. The number of para-hydroxylation sites is 1. The van der Waals surface area contributed by atoms with Crippen LogP contribution in [0.5, 0.6) is 0 Å². The molecule has 18 heavy (non-hydrogen) atoms. The van der Waals surface area contributed by atoms with Crippen LogP contribution in [0.1, 0.15) is 5.69 Å². The normalized spacial score (nSPS) is 10.7. The number of aryl methyl sites for hydroxylation is 1. The predicted molar refractivity (Wildman–Crippen MR) is 67.9 cm³/mol. The summed E-state index contributed by atoms with van der Waals surface area (Å²) >= 11 is 0. The Morgan fingerprint density at radius 2 is 1.94 bits per heavy atom. The molecule has 1 N–H and O–H groups in total. The molecule has 2 aromatic heterocycles. The zero-order valence-corrected chi connectivity index (χ0v) is 9.91. The molecule has 6 nitrogen and oxygen atoms in total. The molecular weight excluding hydrogens is 228 g/mol. The Morgan fingerprint density at radius 3 is 2.72 bits per heavy atom. The van der Waals surface area contributed by atoms with Crippen LogP contribution in [-0.2, 0) is 13.6 Å². The van der Waals surface area contributed by atoms with Crippen LogP contribution in [-0.4, -0.2) is 25.0 Å². The Hall–Kier alpha value is -2.50. The van der Waals surface area contributed by atoms with Gasteiger partial charge in [-0.25, -0.2) is 4.98 Å². The van der Waals surface area contributed by atoms with Crippen molar-refractivity contribution >= 4 is 17.0 Å². The van der Waals surface area contributed by atoms with Crippen molar-refractivity contribution in [2.45, 2.75) is 6.54 Å². The molecule has 6 heteroatoms. The first-order valence-electron chi connectivity index (χ1n) is 5.63.